The van der Waals surface area contributed by atoms with Crippen molar-refractivity contribution in [1.82, 2.24) is 5.32 Å². The third kappa shape index (κ3) is 6.13. The van der Waals surface area contributed by atoms with E-state index in [2.05, 4.69) is 12.2 Å². The number of rotatable bonds is 9. The average Bonchev–Trinajstić information content (AvgIpc) is 2.44. The van der Waals surface area contributed by atoms with E-state index in [1.54, 1.807) is 7.11 Å². The largest absolute Gasteiger partial charge is 0.493 e. The molecule has 1 amide bonds. The van der Waals surface area contributed by atoms with Crippen LogP contribution in [0.2, 0.25) is 0 Å². The van der Waals surface area contributed by atoms with Gasteiger partial charge in [-0.2, -0.15) is 0 Å². The fraction of sp³-hybridized carbons (Fsp3) is 0.533. The van der Waals surface area contributed by atoms with Gasteiger partial charge in [0, 0.05) is 6.54 Å². The summed E-state index contributed by atoms with van der Waals surface area (Å²) in [7, 11) is 1.60. The lowest BCUT2D eigenvalue weighted by molar-refractivity contribution is -0.121. The van der Waals surface area contributed by atoms with Crippen molar-refractivity contribution >= 4 is 5.91 Å². The molecule has 4 nitrogen and oxygen atoms in total. The molecule has 0 unspecified atom stereocenters. The fourth-order valence-electron chi connectivity index (χ4n) is 1.68. The molecule has 0 heterocycles. The number of amides is 1. The van der Waals surface area contributed by atoms with Crippen molar-refractivity contribution in [2.24, 2.45) is 0 Å². The van der Waals surface area contributed by atoms with Crippen LogP contribution < -0.4 is 14.8 Å². The number of hydrogen-bond acceptors (Lipinski definition) is 3. The summed E-state index contributed by atoms with van der Waals surface area (Å²) in [5.74, 6) is 1.39. The van der Waals surface area contributed by atoms with Crippen LogP contribution in [0.4, 0.5) is 0 Å². The summed E-state index contributed by atoms with van der Waals surface area (Å²) in [5, 5.41) is 2.88. The highest BCUT2D eigenvalue weighted by atomic mass is 16.5. The summed E-state index contributed by atoms with van der Waals surface area (Å²) in [5.41, 5.74) is 0. The standard InChI is InChI=1S/C15H23NO3/c1-3-4-7-11-16-15(17)10-12-19-14-9-6-5-8-13(14)18-2/h5-6,8-9H,3-4,7,10-12H2,1-2H3,(H,16,17). The van der Waals surface area contributed by atoms with E-state index in [0.29, 0.717) is 24.5 Å². The van der Waals surface area contributed by atoms with Crippen LogP contribution in [0.3, 0.4) is 0 Å². The van der Waals surface area contributed by atoms with Crippen LogP contribution in [-0.4, -0.2) is 26.2 Å². The van der Waals surface area contributed by atoms with Crippen LogP contribution in [0.5, 0.6) is 11.5 Å². The first-order chi connectivity index (χ1) is 9.27. The maximum absolute atomic E-state index is 11.5. The Morgan fingerprint density at radius 2 is 1.95 bits per heavy atom. The Bertz CT molecular complexity index is 379. The van der Waals surface area contributed by atoms with Gasteiger partial charge in [-0.15, -0.1) is 0 Å². The Morgan fingerprint density at radius 1 is 1.21 bits per heavy atom. The molecule has 1 aromatic rings. The zero-order chi connectivity index (χ0) is 13.9. The quantitative estimate of drug-likeness (QED) is 0.698. The summed E-state index contributed by atoms with van der Waals surface area (Å²) in [6, 6.07) is 7.42. The number of nitrogens with one attached hydrogen (secondary N) is 1. The minimum absolute atomic E-state index is 0.0333. The van der Waals surface area contributed by atoms with Crippen LogP contribution in [0.25, 0.3) is 0 Å². The SMILES string of the molecule is CCCCCNC(=O)CCOc1ccccc1OC. The first kappa shape index (κ1) is 15.3. The second kappa shape index (κ2) is 9.25. The van der Waals surface area contributed by atoms with Crippen molar-refractivity contribution in [3.8, 4) is 11.5 Å². The summed E-state index contributed by atoms with van der Waals surface area (Å²) in [6.07, 6.45) is 3.71. The second-order valence-electron chi connectivity index (χ2n) is 4.31. The van der Waals surface area contributed by atoms with Gasteiger partial charge in [0.05, 0.1) is 20.1 Å². The Morgan fingerprint density at radius 3 is 2.63 bits per heavy atom. The Hall–Kier alpha value is -1.71. The van der Waals surface area contributed by atoms with Gasteiger partial charge in [-0.1, -0.05) is 31.9 Å². The topological polar surface area (TPSA) is 47.6 Å². The number of benzene rings is 1. The van der Waals surface area contributed by atoms with Gasteiger partial charge < -0.3 is 14.8 Å². The molecule has 19 heavy (non-hydrogen) atoms. The van der Waals surface area contributed by atoms with Gasteiger partial charge in [0.25, 0.3) is 0 Å². The molecule has 0 aliphatic heterocycles. The smallest absolute Gasteiger partial charge is 0.223 e. The highest BCUT2D eigenvalue weighted by Crippen LogP contribution is 2.25. The minimum Gasteiger partial charge on any atom is -0.493 e. The molecule has 1 rings (SSSR count). The van der Waals surface area contributed by atoms with Crippen molar-refractivity contribution < 1.29 is 14.3 Å². The molecule has 1 aromatic carbocycles. The van der Waals surface area contributed by atoms with Crippen molar-refractivity contribution in [3.63, 3.8) is 0 Å². The van der Waals surface area contributed by atoms with E-state index in [-0.39, 0.29) is 5.91 Å². The number of methoxy groups -OCH3 is 1. The Kier molecular flexibility index (Phi) is 7.47. The zero-order valence-corrected chi connectivity index (χ0v) is 11.8. The van der Waals surface area contributed by atoms with Crippen molar-refractivity contribution in [3.05, 3.63) is 24.3 Å². The van der Waals surface area contributed by atoms with Gasteiger partial charge in [-0.3, -0.25) is 4.79 Å². The zero-order valence-electron chi connectivity index (χ0n) is 11.8. The van der Waals surface area contributed by atoms with E-state index < -0.39 is 0 Å². The first-order valence-electron chi connectivity index (χ1n) is 6.80. The first-order valence-corrected chi connectivity index (χ1v) is 6.80. The second-order valence-corrected chi connectivity index (χ2v) is 4.31. The molecule has 0 aromatic heterocycles. The van der Waals surface area contributed by atoms with Crippen LogP contribution in [0, 0.1) is 0 Å². The van der Waals surface area contributed by atoms with E-state index in [4.69, 9.17) is 9.47 Å². The third-order valence-corrected chi connectivity index (χ3v) is 2.76. The minimum atomic E-state index is 0.0333. The monoisotopic (exact) mass is 265 g/mol. The number of carbonyl (C=O) groups excluding carboxylic acids is 1. The van der Waals surface area contributed by atoms with E-state index in [0.717, 1.165) is 25.8 Å². The molecule has 0 bridgehead atoms. The summed E-state index contributed by atoms with van der Waals surface area (Å²) in [6.45, 7) is 3.25. The number of unbranched alkanes of at least 4 members (excludes halogenated alkanes) is 2. The van der Waals surface area contributed by atoms with Gasteiger partial charge >= 0.3 is 0 Å². The van der Waals surface area contributed by atoms with Crippen LogP contribution in [0.15, 0.2) is 24.3 Å². The molecule has 0 aliphatic rings. The molecule has 106 valence electrons. The molecule has 0 atom stereocenters. The lowest BCUT2D eigenvalue weighted by Gasteiger charge is -2.10. The van der Waals surface area contributed by atoms with E-state index in [9.17, 15) is 4.79 Å². The molecule has 1 N–H and O–H groups in total. The Balaban J connectivity index is 2.20. The third-order valence-electron chi connectivity index (χ3n) is 2.76. The van der Waals surface area contributed by atoms with Gasteiger partial charge in [-0.05, 0) is 18.6 Å². The van der Waals surface area contributed by atoms with E-state index in [1.807, 2.05) is 24.3 Å². The molecule has 0 fully saturated rings. The summed E-state index contributed by atoms with van der Waals surface area (Å²) >= 11 is 0. The lowest BCUT2D eigenvalue weighted by atomic mass is 10.2. The maximum atomic E-state index is 11.5. The average molecular weight is 265 g/mol. The molecular formula is C15H23NO3. The van der Waals surface area contributed by atoms with Crippen molar-refractivity contribution in [1.29, 1.82) is 0 Å². The van der Waals surface area contributed by atoms with Gasteiger partial charge in [0.2, 0.25) is 5.91 Å². The highest BCUT2D eigenvalue weighted by molar-refractivity contribution is 5.75. The fourth-order valence-corrected chi connectivity index (χ4v) is 1.68. The van der Waals surface area contributed by atoms with Crippen molar-refractivity contribution in [2.75, 3.05) is 20.3 Å². The predicted molar refractivity (Wildman–Crippen MR) is 75.6 cm³/mol. The van der Waals surface area contributed by atoms with E-state index >= 15 is 0 Å². The predicted octanol–water partition coefficient (Wildman–Crippen LogP) is 2.77. The van der Waals surface area contributed by atoms with Crippen LogP contribution in [0.1, 0.15) is 32.6 Å². The highest BCUT2D eigenvalue weighted by Gasteiger charge is 2.04. The van der Waals surface area contributed by atoms with Gasteiger partial charge in [0.1, 0.15) is 0 Å². The number of hydrogen-bond donors (Lipinski definition) is 1. The maximum Gasteiger partial charge on any atom is 0.223 e. The number of para-hydroxylation sites is 2. The molecule has 0 aliphatic carbocycles. The molecule has 0 saturated carbocycles. The van der Waals surface area contributed by atoms with Crippen LogP contribution >= 0.6 is 0 Å². The normalized spacial score (nSPS) is 10.0. The van der Waals surface area contributed by atoms with E-state index in [1.165, 1.54) is 0 Å². The van der Waals surface area contributed by atoms with Gasteiger partial charge in [0.15, 0.2) is 11.5 Å². The molecular weight excluding hydrogens is 242 g/mol. The number of ether oxygens (including phenoxy) is 2. The molecule has 0 saturated heterocycles. The lowest BCUT2D eigenvalue weighted by Crippen LogP contribution is -2.25. The van der Waals surface area contributed by atoms with Crippen LogP contribution in [-0.2, 0) is 4.79 Å². The molecule has 0 spiro atoms. The molecule has 0 radical (unpaired) electrons. The van der Waals surface area contributed by atoms with Crippen molar-refractivity contribution in [2.45, 2.75) is 32.6 Å². The Labute approximate surface area is 115 Å². The number of carbonyl (C=O) groups is 1. The summed E-state index contributed by atoms with van der Waals surface area (Å²) in [4.78, 5) is 11.5. The van der Waals surface area contributed by atoms with Gasteiger partial charge in [-0.25, -0.2) is 0 Å². The summed E-state index contributed by atoms with van der Waals surface area (Å²) < 4.78 is 10.7. The molecule has 4 heteroatoms.